The van der Waals surface area contributed by atoms with Crippen LogP contribution in [0.4, 0.5) is 0 Å². The largest absolute Gasteiger partial charge is 0.396 e. The minimum atomic E-state index is 0.382. The fraction of sp³-hybridized carbons (Fsp3) is 0.800. The van der Waals surface area contributed by atoms with E-state index in [0.29, 0.717) is 24.4 Å². The summed E-state index contributed by atoms with van der Waals surface area (Å²) in [6.45, 7) is 2.66. The number of rotatable bonds is 1. The molecule has 1 saturated carbocycles. The summed E-state index contributed by atoms with van der Waals surface area (Å²) in [6.07, 6.45) is 7.32. The molecule has 4 atom stereocenters. The van der Waals surface area contributed by atoms with E-state index in [9.17, 15) is 0 Å². The highest BCUT2D eigenvalue weighted by atomic mass is 16.3. The highest BCUT2D eigenvalue weighted by Gasteiger charge is 2.37. The van der Waals surface area contributed by atoms with Crippen molar-refractivity contribution in [2.45, 2.75) is 19.8 Å². The summed E-state index contributed by atoms with van der Waals surface area (Å²) in [5.41, 5.74) is 0. The Balaban J connectivity index is 2.19. The zero-order valence-corrected chi connectivity index (χ0v) is 7.03. The van der Waals surface area contributed by atoms with Gasteiger partial charge in [0, 0.05) is 6.61 Å². The monoisotopic (exact) mass is 152 g/mol. The lowest BCUT2D eigenvalue weighted by Crippen LogP contribution is -2.37. The first-order valence-electron chi connectivity index (χ1n) is 4.62. The molecule has 0 saturated heterocycles. The predicted octanol–water partition coefficient (Wildman–Crippen LogP) is 1.83. The Morgan fingerprint density at radius 2 is 1.91 bits per heavy atom. The molecule has 1 nitrogen and oxygen atoms in total. The van der Waals surface area contributed by atoms with Crippen LogP contribution in [0.2, 0.25) is 0 Å². The molecule has 62 valence electrons. The lowest BCUT2D eigenvalue weighted by molar-refractivity contribution is 0.0738. The molecular weight excluding hydrogens is 136 g/mol. The Kier molecular flexibility index (Phi) is 1.76. The van der Waals surface area contributed by atoms with E-state index < -0.39 is 0 Å². The summed E-state index contributed by atoms with van der Waals surface area (Å²) in [4.78, 5) is 0. The van der Waals surface area contributed by atoms with Crippen molar-refractivity contribution < 1.29 is 5.11 Å². The third kappa shape index (κ3) is 1.02. The first-order valence-corrected chi connectivity index (χ1v) is 4.62. The number of hydrogen-bond donors (Lipinski definition) is 1. The van der Waals surface area contributed by atoms with E-state index in [1.807, 2.05) is 0 Å². The number of hydrogen-bond acceptors (Lipinski definition) is 1. The average Bonchev–Trinajstić information content (AvgIpc) is 2.06. The molecule has 0 amide bonds. The van der Waals surface area contributed by atoms with E-state index in [4.69, 9.17) is 5.11 Å². The molecule has 0 spiro atoms. The zero-order valence-electron chi connectivity index (χ0n) is 7.03. The summed E-state index contributed by atoms with van der Waals surface area (Å²) in [7, 11) is 0. The van der Waals surface area contributed by atoms with Gasteiger partial charge in [-0.25, -0.2) is 0 Å². The predicted molar refractivity (Wildman–Crippen MR) is 45.1 cm³/mol. The maximum absolute atomic E-state index is 9.15. The zero-order chi connectivity index (χ0) is 7.84. The van der Waals surface area contributed by atoms with Crippen LogP contribution in [0.1, 0.15) is 19.8 Å². The molecule has 0 aromatic rings. The summed E-state index contributed by atoms with van der Waals surface area (Å²) < 4.78 is 0. The lowest BCUT2D eigenvalue weighted by atomic mass is 9.63. The van der Waals surface area contributed by atoms with Gasteiger partial charge in [-0.3, -0.25) is 0 Å². The van der Waals surface area contributed by atoms with Crippen molar-refractivity contribution in [1.29, 1.82) is 0 Å². The molecule has 0 aromatic carbocycles. The highest BCUT2D eigenvalue weighted by molar-refractivity contribution is 5.08. The van der Waals surface area contributed by atoms with Crippen LogP contribution < -0.4 is 0 Å². The third-order valence-electron chi connectivity index (χ3n) is 3.55. The standard InChI is InChI=1S/C10H16O/c1-7-8-2-4-9(5-3-8)10(7)6-11/h2,4,7-11H,3,5-6H2,1H3/t7-,8+,9-,10+/m1/s1. The van der Waals surface area contributed by atoms with Crippen LogP contribution in [0.15, 0.2) is 12.2 Å². The summed E-state index contributed by atoms with van der Waals surface area (Å²) >= 11 is 0. The SMILES string of the molecule is C[C@H]1[C@H](CO)[C@@H]2C=C[C@H]1CC2. The summed E-state index contributed by atoms with van der Waals surface area (Å²) in [5.74, 6) is 2.71. The van der Waals surface area contributed by atoms with Gasteiger partial charge in [0.1, 0.15) is 0 Å². The van der Waals surface area contributed by atoms with E-state index in [1.54, 1.807) is 0 Å². The number of fused-ring (bicyclic) bond motifs is 2. The van der Waals surface area contributed by atoms with E-state index in [1.165, 1.54) is 12.8 Å². The maximum atomic E-state index is 9.15. The van der Waals surface area contributed by atoms with Crippen LogP contribution in [0.5, 0.6) is 0 Å². The molecule has 1 N–H and O–H groups in total. The molecule has 3 rings (SSSR count). The Morgan fingerprint density at radius 1 is 1.27 bits per heavy atom. The molecule has 2 bridgehead atoms. The molecule has 3 aliphatic rings. The fourth-order valence-electron chi connectivity index (χ4n) is 2.67. The van der Waals surface area contributed by atoms with Gasteiger partial charge in [-0.1, -0.05) is 19.1 Å². The Hall–Kier alpha value is -0.300. The second-order valence-corrected chi connectivity index (χ2v) is 4.00. The molecule has 11 heavy (non-hydrogen) atoms. The molecule has 1 fully saturated rings. The second kappa shape index (κ2) is 2.63. The number of allylic oxidation sites excluding steroid dienone is 2. The molecule has 1 heteroatoms. The van der Waals surface area contributed by atoms with Gasteiger partial charge in [-0.2, -0.15) is 0 Å². The molecule has 0 heterocycles. The molecule has 0 aliphatic heterocycles. The van der Waals surface area contributed by atoms with Gasteiger partial charge < -0.3 is 5.11 Å². The highest BCUT2D eigenvalue weighted by Crippen LogP contribution is 2.43. The van der Waals surface area contributed by atoms with Crippen molar-refractivity contribution >= 4 is 0 Å². The first kappa shape index (κ1) is 7.35. The van der Waals surface area contributed by atoms with Gasteiger partial charge >= 0.3 is 0 Å². The van der Waals surface area contributed by atoms with E-state index in [0.717, 1.165) is 5.92 Å². The topological polar surface area (TPSA) is 20.2 Å². The maximum Gasteiger partial charge on any atom is 0.0467 e. The Labute approximate surface area is 68.1 Å². The number of aliphatic hydroxyl groups is 1. The van der Waals surface area contributed by atoms with Crippen LogP contribution >= 0.6 is 0 Å². The van der Waals surface area contributed by atoms with Crippen molar-refractivity contribution in [3.8, 4) is 0 Å². The third-order valence-corrected chi connectivity index (χ3v) is 3.55. The summed E-state index contributed by atoms with van der Waals surface area (Å²) in [6, 6.07) is 0. The lowest BCUT2D eigenvalue weighted by Gasteiger charge is -2.42. The molecule has 3 aliphatic carbocycles. The van der Waals surface area contributed by atoms with Crippen LogP contribution in [-0.4, -0.2) is 11.7 Å². The smallest absolute Gasteiger partial charge is 0.0467 e. The minimum Gasteiger partial charge on any atom is -0.396 e. The second-order valence-electron chi connectivity index (χ2n) is 4.00. The van der Waals surface area contributed by atoms with Crippen molar-refractivity contribution in [2.75, 3.05) is 6.61 Å². The number of aliphatic hydroxyl groups excluding tert-OH is 1. The quantitative estimate of drug-likeness (QED) is 0.568. The molecule has 0 unspecified atom stereocenters. The Bertz CT molecular complexity index is 174. The molecular formula is C10H16O. The van der Waals surface area contributed by atoms with E-state index in [-0.39, 0.29) is 0 Å². The Morgan fingerprint density at radius 3 is 2.27 bits per heavy atom. The van der Waals surface area contributed by atoms with Gasteiger partial charge in [0.25, 0.3) is 0 Å². The molecule has 0 aromatic heterocycles. The summed E-state index contributed by atoms with van der Waals surface area (Å²) in [5, 5.41) is 9.15. The van der Waals surface area contributed by atoms with Crippen molar-refractivity contribution in [2.24, 2.45) is 23.7 Å². The van der Waals surface area contributed by atoms with Crippen molar-refractivity contribution in [1.82, 2.24) is 0 Å². The van der Waals surface area contributed by atoms with Gasteiger partial charge in [0.05, 0.1) is 0 Å². The molecule has 0 radical (unpaired) electrons. The van der Waals surface area contributed by atoms with Gasteiger partial charge in [-0.05, 0) is 36.5 Å². The van der Waals surface area contributed by atoms with Crippen LogP contribution in [0, 0.1) is 23.7 Å². The van der Waals surface area contributed by atoms with Crippen molar-refractivity contribution in [3.63, 3.8) is 0 Å². The van der Waals surface area contributed by atoms with E-state index >= 15 is 0 Å². The van der Waals surface area contributed by atoms with Crippen molar-refractivity contribution in [3.05, 3.63) is 12.2 Å². The van der Waals surface area contributed by atoms with Gasteiger partial charge in [0.2, 0.25) is 0 Å². The van der Waals surface area contributed by atoms with Gasteiger partial charge in [-0.15, -0.1) is 0 Å². The van der Waals surface area contributed by atoms with Gasteiger partial charge in [0.15, 0.2) is 0 Å². The normalized spacial score (nSPS) is 48.2. The van der Waals surface area contributed by atoms with Crippen LogP contribution in [0.3, 0.4) is 0 Å². The van der Waals surface area contributed by atoms with Crippen LogP contribution in [-0.2, 0) is 0 Å². The average molecular weight is 152 g/mol. The minimum absolute atomic E-state index is 0.382. The first-order chi connectivity index (χ1) is 5.33. The van der Waals surface area contributed by atoms with E-state index in [2.05, 4.69) is 19.1 Å². The fourth-order valence-corrected chi connectivity index (χ4v) is 2.67. The van der Waals surface area contributed by atoms with Crippen LogP contribution in [0.25, 0.3) is 0 Å².